The van der Waals surface area contributed by atoms with Crippen molar-refractivity contribution in [1.82, 2.24) is 9.88 Å². The fraction of sp³-hybridized carbons (Fsp3) is 0.276. The monoisotopic (exact) mass is 502 g/mol. The summed E-state index contributed by atoms with van der Waals surface area (Å²) < 4.78 is 11.1. The maximum absolute atomic E-state index is 13.4. The lowest BCUT2D eigenvalue weighted by molar-refractivity contribution is -0.140. The molecule has 1 atom stereocenters. The second-order valence-electron chi connectivity index (χ2n) is 9.40. The summed E-state index contributed by atoms with van der Waals surface area (Å²) in [4.78, 5) is 32.1. The van der Waals surface area contributed by atoms with Gasteiger partial charge in [0.1, 0.15) is 11.5 Å². The lowest BCUT2D eigenvalue weighted by Crippen LogP contribution is -2.29. The number of ether oxygens (including phenoxy) is 2. The third-order valence-electron chi connectivity index (χ3n) is 6.17. The predicted molar refractivity (Wildman–Crippen MR) is 138 cm³/mol. The number of phenols is 1. The number of hydrogen-bond donors (Lipinski definition) is 2. The van der Waals surface area contributed by atoms with Gasteiger partial charge in [-0.25, -0.2) is 0 Å². The summed E-state index contributed by atoms with van der Waals surface area (Å²) in [5.41, 5.74) is 2.31. The number of ketones is 1. The molecule has 1 fully saturated rings. The first kappa shape index (κ1) is 25.8. The Hall–Kier alpha value is -4.33. The zero-order valence-corrected chi connectivity index (χ0v) is 21.3. The number of Topliss-reactive ketones (excluding diaryl/α,β-unsaturated/α-hetero) is 1. The van der Waals surface area contributed by atoms with Crippen LogP contribution >= 0.6 is 0 Å². The molecule has 1 aromatic heterocycles. The van der Waals surface area contributed by atoms with Gasteiger partial charge in [0.05, 0.1) is 25.3 Å². The first-order chi connectivity index (χ1) is 17.7. The summed E-state index contributed by atoms with van der Waals surface area (Å²) in [6, 6.07) is 12.5. The smallest absolute Gasteiger partial charge is 0.295 e. The van der Waals surface area contributed by atoms with Gasteiger partial charge in [-0.3, -0.25) is 14.6 Å². The summed E-state index contributed by atoms with van der Waals surface area (Å²) in [5, 5.41) is 21.6. The Bertz CT molecular complexity index is 1350. The minimum Gasteiger partial charge on any atom is -0.507 e. The van der Waals surface area contributed by atoms with Gasteiger partial charge in [0.15, 0.2) is 11.5 Å². The summed E-state index contributed by atoms with van der Waals surface area (Å²) in [6.07, 6.45) is 3.24. The number of aliphatic hydroxyl groups excluding tert-OH is 1. The van der Waals surface area contributed by atoms with Gasteiger partial charge in [-0.15, -0.1) is 0 Å². The third kappa shape index (κ3) is 5.28. The molecule has 2 heterocycles. The number of aryl methyl sites for hydroxylation is 1. The van der Waals surface area contributed by atoms with Gasteiger partial charge >= 0.3 is 0 Å². The lowest BCUT2D eigenvalue weighted by atomic mass is 9.93. The quantitative estimate of drug-likeness (QED) is 0.260. The molecule has 0 unspecified atom stereocenters. The van der Waals surface area contributed by atoms with Gasteiger partial charge in [-0.1, -0.05) is 26.0 Å². The van der Waals surface area contributed by atoms with E-state index < -0.39 is 17.7 Å². The van der Waals surface area contributed by atoms with Crippen molar-refractivity contribution in [2.45, 2.75) is 33.4 Å². The second kappa shape index (κ2) is 10.7. The first-order valence-electron chi connectivity index (χ1n) is 12.0. The number of carbonyl (C=O) groups excluding carboxylic acids is 2. The molecule has 1 aliphatic rings. The van der Waals surface area contributed by atoms with Crippen molar-refractivity contribution in [2.24, 2.45) is 5.92 Å². The van der Waals surface area contributed by atoms with E-state index in [1.807, 2.05) is 6.92 Å². The van der Waals surface area contributed by atoms with E-state index in [4.69, 9.17) is 9.47 Å². The molecule has 0 aliphatic carbocycles. The number of nitrogens with zero attached hydrogens (tertiary/aromatic N) is 2. The van der Waals surface area contributed by atoms with E-state index in [-0.39, 0.29) is 29.4 Å². The highest BCUT2D eigenvalue weighted by Gasteiger charge is 2.46. The topological polar surface area (TPSA) is 109 Å². The maximum Gasteiger partial charge on any atom is 0.295 e. The van der Waals surface area contributed by atoms with E-state index in [1.54, 1.807) is 54.9 Å². The van der Waals surface area contributed by atoms with Gasteiger partial charge in [-0.2, -0.15) is 0 Å². The number of methoxy groups -OCH3 is 1. The number of aromatic hydroxyl groups is 1. The minimum atomic E-state index is -0.911. The van der Waals surface area contributed by atoms with Crippen molar-refractivity contribution >= 4 is 17.4 Å². The molecule has 1 aliphatic heterocycles. The van der Waals surface area contributed by atoms with E-state index in [9.17, 15) is 19.8 Å². The normalized spacial score (nSPS) is 16.9. The number of hydrogen-bond acceptors (Lipinski definition) is 7. The molecule has 8 nitrogen and oxygen atoms in total. The van der Waals surface area contributed by atoms with Gasteiger partial charge < -0.3 is 24.6 Å². The van der Waals surface area contributed by atoms with Crippen molar-refractivity contribution in [3.8, 4) is 17.2 Å². The van der Waals surface area contributed by atoms with Crippen LogP contribution in [0, 0.1) is 12.8 Å². The van der Waals surface area contributed by atoms with Crippen molar-refractivity contribution < 1.29 is 29.3 Å². The number of benzene rings is 2. The molecule has 2 N–H and O–H groups in total. The fourth-order valence-corrected chi connectivity index (χ4v) is 4.34. The number of aliphatic hydroxyl groups is 1. The van der Waals surface area contributed by atoms with E-state index in [0.717, 1.165) is 5.56 Å². The van der Waals surface area contributed by atoms with Crippen molar-refractivity contribution in [3.63, 3.8) is 0 Å². The molecule has 0 radical (unpaired) electrons. The van der Waals surface area contributed by atoms with Gasteiger partial charge in [0.2, 0.25) is 0 Å². The molecule has 8 heteroatoms. The zero-order valence-electron chi connectivity index (χ0n) is 21.3. The number of pyridine rings is 1. The maximum atomic E-state index is 13.4. The van der Waals surface area contributed by atoms with Crippen LogP contribution in [0.5, 0.6) is 17.2 Å². The van der Waals surface area contributed by atoms with E-state index in [0.29, 0.717) is 35.0 Å². The highest BCUT2D eigenvalue weighted by Crippen LogP contribution is 2.43. The molecule has 0 bridgehead atoms. The molecular weight excluding hydrogens is 472 g/mol. The third-order valence-corrected chi connectivity index (χ3v) is 6.17. The molecule has 0 saturated carbocycles. The molecule has 4 rings (SSSR count). The first-order valence-corrected chi connectivity index (χ1v) is 12.0. The average molecular weight is 503 g/mol. The van der Waals surface area contributed by atoms with Crippen molar-refractivity contribution in [2.75, 3.05) is 13.7 Å². The number of carbonyl (C=O) groups is 2. The largest absolute Gasteiger partial charge is 0.507 e. The SMILES string of the molecule is COc1cc([C@H]2/C(=C(\O)c3ccc(OCC(C)C)cc3C)C(=O)C(=O)N2Cc2cccnc2)ccc1O. The fourth-order valence-electron chi connectivity index (χ4n) is 4.34. The number of likely N-dealkylation sites (tertiary alicyclic amines) is 1. The lowest BCUT2D eigenvalue weighted by Gasteiger charge is -2.26. The van der Waals surface area contributed by atoms with Crippen LogP contribution in [0.3, 0.4) is 0 Å². The predicted octanol–water partition coefficient (Wildman–Crippen LogP) is 4.76. The van der Waals surface area contributed by atoms with E-state index in [1.165, 1.54) is 18.1 Å². The Morgan fingerprint density at radius 1 is 1.14 bits per heavy atom. The summed E-state index contributed by atoms with van der Waals surface area (Å²) in [6.45, 7) is 6.56. The van der Waals surface area contributed by atoms with Crippen LogP contribution in [0.15, 0.2) is 66.5 Å². The second-order valence-corrected chi connectivity index (χ2v) is 9.40. The molecule has 1 saturated heterocycles. The van der Waals surface area contributed by atoms with Crippen LogP contribution < -0.4 is 9.47 Å². The number of phenolic OH excluding ortho intramolecular Hbond substituents is 1. The molecular formula is C29H30N2O6. The van der Waals surface area contributed by atoms with Gasteiger partial charge in [-0.05, 0) is 65.9 Å². The molecule has 0 spiro atoms. The van der Waals surface area contributed by atoms with Gasteiger partial charge in [0, 0.05) is 24.5 Å². The summed E-state index contributed by atoms with van der Waals surface area (Å²) in [7, 11) is 1.41. The van der Waals surface area contributed by atoms with Crippen LogP contribution in [0.25, 0.3) is 5.76 Å². The van der Waals surface area contributed by atoms with E-state index >= 15 is 0 Å². The molecule has 192 valence electrons. The van der Waals surface area contributed by atoms with Crippen LogP contribution in [0.4, 0.5) is 0 Å². The standard InChI is InChI=1S/C29H30N2O6/c1-17(2)16-37-21-8-9-22(18(3)12-21)27(33)25-26(20-7-10-23(32)24(13-20)36-4)31(29(35)28(25)34)15-19-6-5-11-30-14-19/h5-14,17,26,32-33H,15-16H2,1-4H3/b27-25+/t26-/m0/s1. The number of rotatable bonds is 8. The van der Waals surface area contributed by atoms with Crippen LogP contribution in [0.1, 0.15) is 42.1 Å². The zero-order chi connectivity index (χ0) is 26.7. The highest BCUT2D eigenvalue weighted by molar-refractivity contribution is 6.46. The minimum absolute atomic E-state index is 0.0411. The van der Waals surface area contributed by atoms with Gasteiger partial charge in [0.25, 0.3) is 11.7 Å². The Kier molecular flexibility index (Phi) is 7.47. The highest BCUT2D eigenvalue weighted by atomic mass is 16.5. The van der Waals surface area contributed by atoms with Crippen LogP contribution in [-0.4, -0.2) is 45.5 Å². The van der Waals surface area contributed by atoms with Crippen LogP contribution in [0.2, 0.25) is 0 Å². The Morgan fingerprint density at radius 2 is 1.92 bits per heavy atom. The Labute approximate surface area is 215 Å². The molecule has 2 aromatic carbocycles. The van der Waals surface area contributed by atoms with Crippen LogP contribution in [-0.2, 0) is 16.1 Å². The number of aromatic nitrogens is 1. The van der Waals surface area contributed by atoms with Crippen molar-refractivity contribution in [3.05, 3.63) is 88.8 Å². The number of amides is 1. The Balaban J connectivity index is 1.83. The van der Waals surface area contributed by atoms with Crippen molar-refractivity contribution in [1.29, 1.82) is 0 Å². The molecule has 3 aromatic rings. The Morgan fingerprint density at radius 3 is 2.57 bits per heavy atom. The summed E-state index contributed by atoms with van der Waals surface area (Å²) in [5.74, 6) is -0.700. The van der Waals surface area contributed by atoms with E-state index in [2.05, 4.69) is 18.8 Å². The summed E-state index contributed by atoms with van der Waals surface area (Å²) >= 11 is 0. The molecule has 1 amide bonds. The average Bonchev–Trinajstić information content (AvgIpc) is 3.13. The molecule has 37 heavy (non-hydrogen) atoms.